The Bertz CT molecular complexity index is 632. The number of aromatic nitrogens is 1. The number of ether oxygens (including phenoxy) is 2. The molecule has 0 aliphatic carbocycles. The molecule has 0 fully saturated rings. The summed E-state index contributed by atoms with van der Waals surface area (Å²) in [6.07, 6.45) is 0. The van der Waals surface area contributed by atoms with Crippen LogP contribution in [0.15, 0.2) is 18.2 Å². The minimum atomic E-state index is 0.547. The van der Waals surface area contributed by atoms with Gasteiger partial charge in [-0.25, -0.2) is 4.98 Å². The quantitative estimate of drug-likeness (QED) is 0.894. The van der Waals surface area contributed by atoms with Crippen molar-refractivity contribution in [3.8, 4) is 17.6 Å². The van der Waals surface area contributed by atoms with Gasteiger partial charge in [0.15, 0.2) is 11.5 Å². The monoisotopic (exact) mass is 243 g/mol. The number of pyridine rings is 1. The Morgan fingerprint density at radius 1 is 1.17 bits per heavy atom. The summed E-state index contributed by atoms with van der Waals surface area (Å²) in [6, 6.07) is 7.38. The lowest BCUT2D eigenvalue weighted by Crippen LogP contribution is -1.97. The predicted octanol–water partition coefficient (Wildman–Crippen LogP) is 2.17. The molecule has 1 N–H and O–H groups in total. The first-order valence-corrected chi connectivity index (χ1v) is 5.38. The third kappa shape index (κ3) is 1.89. The molecule has 0 bridgehead atoms. The minimum absolute atomic E-state index is 0.547. The fraction of sp³-hybridized carbons (Fsp3) is 0.231. The lowest BCUT2D eigenvalue weighted by molar-refractivity contribution is 0.356. The summed E-state index contributed by atoms with van der Waals surface area (Å²) >= 11 is 0. The average molecular weight is 243 g/mol. The van der Waals surface area contributed by atoms with Crippen molar-refractivity contribution in [2.75, 3.05) is 26.6 Å². The zero-order valence-corrected chi connectivity index (χ0v) is 10.4. The molecule has 0 unspecified atom stereocenters. The van der Waals surface area contributed by atoms with E-state index in [1.807, 2.05) is 0 Å². The first kappa shape index (κ1) is 12.0. The number of benzene rings is 1. The second-order valence-electron chi connectivity index (χ2n) is 3.64. The van der Waals surface area contributed by atoms with E-state index in [9.17, 15) is 0 Å². The number of hydrogen-bond acceptors (Lipinski definition) is 5. The highest BCUT2D eigenvalue weighted by molar-refractivity contribution is 5.89. The van der Waals surface area contributed by atoms with Crippen molar-refractivity contribution in [1.82, 2.24) is 4.98 Å². The molecule has 0 aliphatic rings. The number of rotatable bonds is 3. The Kier molecular flexibility index (Phi) is 3.20. The first-order valence-electron chi connectivity index (χ1n) is 5.38. The van der Waals surface area contributed by atoms with Gasteiger partial charge in [0.05, 0.1) is 31.4 Å². The fourth-order valence-corrected chi connectivity index (χ4v) is 1.77. The molecule has 5 nitrogen and oxygen atoms in total. The number of nitrogens with one attached hydrogen (secondary N) is 1. The molecule has 1 aromatic carbocycles. The summed E-state index contributed by atoms with van der Waals surface area (Å²) < 4.78 is 10.4. The number of hydrogen-bond donors (Lipinski definition) is 1. The molecule has 92 valence electrons. The van der Waals surface area contributed by atoms with Gasteiger partial charge in [-0.1, -0.05) is 0 Å². The number of anilines is 1. The Morgan fingerprint density at radius 2 is 1.83 bits per heavy atom. The van der Waals surface area contributed by atoms with E-state index < -0.39 is 0 Å². The summed E-state index contributed by atoms with van der Waals surface area (Å²) in [7, 11) is 4.89. The number of methoxy groups -OCH3 is 2. The van der Waals surface area contributed by atoms with Crippen LogP contribution in [0.2, 0.25) is 0 Å². The highest BCUT2D eigenvalue weighted by atomic mass is 16.5. The third-order valence-electron chi connectivity index (χ3n) is 2.69. The molecule has 18 heavy (non-hydrogen) atoms. The summed E-state index contributed by atoms with van der Waals surface area (Å²) in [5.41, 5.74) is 1.24. The highest BCUT2D eigenvalue weighted by Gasteiger charge is 2.11. The van der Waals surface area contributed by atoms with Crippen molar-refractivity contribution in [1.29, 1.82) is 5.26 Å². The summed E-state index contributed by atoms with van der Waals surface area (Å²) in [5, 5.41) is 12.8. The molecule has 0 radical (unpaired) electrons. The van der Waals surface area contributed by atoms with Crippen LogP contribution >= 0.6 is 0 Å². The fourth-order valence-electron chi connectivity index (χ4n) is 1.77. The maximum Gasteiger partial charge on any atom is 0.162 e. The van der Waals surface area contributed by atoms with Gasteiger partial charge in [0.1, 0.15) is 5.82 Å². The van der Waals surface area contributed by atoms with Crippen LogP contribution < -0.4 is 14.8 Å². The zero-order chi connectivity index (χ0) is 13.1. The SMILES string of the molecule is CNc1cc(C#N)c2cc(OC)c(OC)cc2n1. The van der Waals surface area contributed by atoms with Gasteiger partial charge < -0.3 is 14.8 Å². The van der Waals surface area contributed by atoms with Gasteiger partial charge in [0, 0.05) is 18.5 Å². The van der Waals surface area contributed by atoms with Crippen molar-refractivity contribution in [3.63, 3.8) is 0 Å². The zero-order valence-electron chi connectivity index (χ0n) is 10.4. The van der Waals surface area contributed by atoms with Crippen LogP contribution in [0, 0.1) is 11.3 Å². The largest absolute Gasteiger partial charge is 0.493 e. The van der Waals surface area contributed by atoms with Gasteiger partial charge in [-0.05, 0) is 12.1 Å². The van der Waals surface area contributed by atoms with Crippen molar-refractivity contribution in [2.24, 2.45) is 0 Å². The van der Waals surface area contributed by atoms with Crippen LogP contribution in [0.4, 0.5) is 5.82 Å². The molecule has 1 aromatic heterocycles. The van der Waals surface area contributed by atoms with E-state index in [1.165, 1.54) is 0 Å². The molecule has 5 heteroatoms. The minimum Gasteiger partial charge on any atom is -0.493 e. The molecule has 0 atom stereocenters. The second-order valence-corrected chi connectivity index (χ2v) is 3.64. The smallest absolute Gasteiger partial charge is 0.162 e. The van der Waals surface area contributed by atoms with Crippen molar-refractivity contribution >= 4 is 16.7 Å². The number of nitriles is 1. The van der Waals surface area contributed by atoms with Gasteiger partial charge in [-0.3, -0.25) is 0 Å². The molecule has 0 spiro atoms. The lowest BCUT2D eigenvalue weighted by atomic mass is 10.1. The normalized spacial score (nSPS) is 9.89. The van der Waals surface area contributed by atoms with Gasteiger partial charge in [-0.2, -0.15) is 5.26 Å². The number of nitrogens with zero attached hydrogens (tertiary/aromatic N) is 2. The second kappa shape index (κ2) is 4.80. The molecular weight excluding hydrogens is 230 g/mol. The topological polar surface area (TPSA) is 67.2 Å². The Morgan fingerprint density at radius 3 is 2.39 bits per heavy atom. The van der Waals surface area contributed by atoms with E-state index in [0.717, 1.165) is 5.39 Å². The first-order chi connectivity index (χ1) is 8.73. The summed E-state index contributed by atoms with van der Waals surface area (Å²) in [4.78, 5) is 4.39. The molecule has 1 heterocycles. The molecule has 0 amide bonds. The molecule has 0 saturated heterocycles. The van der Waals surface area contributed by atoms with E-state index in [0.29, 0.717) is 28.4 Å². The van der Waals surface area contributed by atoms with E-state index in [1.54, 1.807) is 39.5 Å². The van der Waals surface area contributed by atoms with Gasteiger partial charge >= 0.3 is 0 Å². The van der Waals surface area contributed by atoms with Gasteiger partial charge in [0.25, 0.3) is 0 Å². The van der Waals surface area contributed by atoms with E-state index >= 15 is 0 Å². The third-order valence-corrected chi connectivity index (χ3v) is 2.69. The van der Waals surface area contributed by atoms with Gasteiger partial charge in [-0.15, -0.1) is 0 Å². The highest BCUT2D eigenvalue weighted by Crippen LogP contribution is 2.33. The summed E-state index contributed by atoms with van der Waals surface area (Å²) in [6.45, 7) is 0. The van der Waals surface area contributed by atoms with E-state index in [2.05, 4.69) is 16.4 Å². The predicted molar refractivity (Wildman–Crippen MR) is 69.1 cm³/mol. The maximum absolute atomic E-state index is 9.17. The van der Waals surface area contributed by atoms with Crippen LogP contribution in [0.1, 0.15) is 5.56 Å². The summed E-state index contributed by atoms with van der Waals surface area (Å²) in [5.74, 6) is 1.82. The van der Waals surface area contributed by atoms with Crippen LogP contribution in [-0.4, -0.2) is 26.3 Å². The standard InChI is InChI=1S/C13H13N3O2/c1-15-13-4-8(7-14)9-5-11(17-2)12(18-3)6-10(9)16-13/h4-6H,1-3H3,(H,15,16). The Labute approximate surface area is 105 Å². The van der Waals surface area contributed by atoms with Crippen LogP contribution in [0.25, 0.3) is 10.9 Å². The Hall–Kier alpha value is -2.48. The molecule has 0 saturated carbocycles. The maximum atomic E-state index is 9.17. The van der Waals surface area contributed by atoms with Crippen molar-refractivity contribution < 1.29 is 9.47 Å². The van der Waals surface area contributed by atoms with Crippen LogP contribution in [0.3, 0.4) is 0 Å². The lowest BCUT2D eigenvalue weighted by Gasteiger charge is -2.10. The van der Waals surface area contributed by atoms with Crippen molar-refractivity contribution in [3.05, 3.63) is 23.8 Å². The number of fused-ring (bicyclic) bond motifs is 1. The van der Waals surface area contributed by atoms with Crippen LogP contribution in [0.5, 0.6) is 11.5 Å². The van der Waals surface area contributed by atoms with E-state index in [-0.39, 0.29) is 0 Å². The molecule has 2 rings (SSSR count). The molecule has 0 aliphatic heterocycles. The Balaban J connectivity index is 2.80. The molecule has 2 aromatic rings. The molecular formula is C13H13N3O2. The van der Waals surface area contributed by atoms with Crippen molar-refractivity contribution in [2.45, 2.75) is 0 Å². The average Bonchev–Trinajstić information content (AvgIpc) is 2.44. The van der Waals surface area contributed by atoms with Crippen LogP contribution in [-0.2, 0) is 0 Å². The van der Waals surface area contributed by atoms with Gasteiger partial charge in [0.2, 0.25) is 0 Å². The van der Waals surface area contributed by atoms with E-state index in [4.69, 9.17) is 14.7 Å².